The normalized spacial score (nSPS) is 16.5. The van der Waals surface area contributed by atoms with Crippen molar-refractivity contribution in [2.24, 2.45) is 0 Å². The Hall–Kier alpha value is -3.05. The van der Waals surface area contributed by atoms with Gasteiger partial charge in [0, 0.05) is 31.4 Å². The summed E-state index contributed by atoms with van der Waals surface area (Å²) in [7, 11) is 1.40. The Morgan fingerprint density at radius 3 is 2.76 bits per heavy atom. The Morgan fingerprint density at radius 2 is 2.06 bits per heavy atom. The van der Waals surface area contributed by atoms with E-state index < -0.39 is 23.9 Å². The lowest BCUT2D eigenvalue weighted by Gasteiger charge is -2.35. The van der Waals surface area contributed by atoms with E-state index in [-0.39, 0.29) is 17.4 Å². The zero-order chi connectivity index (χ0) is 24.0. The van der Waals surface area contributed by atoms with Crippen LogP contribution >= 0.6 is 0 Å². The topological polar surface area (TPSA) is 80.3 Å². The van der Waals surface area contributed by atoms with Crippen molar-refractivity contribution in [3.8, 4) is 11.5 Å². The molecule has 7 nitrogen and oxygen atoms in total. The van der Waals surface area contributed by atoms with Crippen molar-refractivity contribution in [2.45, 2.75) is 18.9 Å². The fourth-order valence-corrected chi connectivity index (χ4v) is 3.51. The molecule has 1 fully saturated rings. The average molecular weight is 472 g/mol. The predicted molar refractivity (Wildman–Crippen MR) is 112 cm³/mol. The van der Waals surface area contributed by atoms with Gasteiger partial charge in [-0.2, -0.15) is 0 Å². The highest BCUT2D eigenvalue weighted by Gasteiger charge is 2.32. The number of hydrogen-bond donors (Lipinski definition) is 2. The molecule has 0 aromatic heterocycles. The number of anilines is 1. The smallest absolute Gasteiger partial charge is 0.494 e. The predicted octanol–water partition coefficient (Wildman–Crippen LogP) is 3.47. The van der Waals surface area contributed by atoms with E-state index in [2.05, 4.69) is 10.1 Å². The van der Waals surface area contributed by atoms with E-state index in [0.717, 1.165) is 17.7 Å². The molecule has 0 bridgehead atoms. The Bertz CT molecular complexity index is 970. The van der Waals surface area contributed by atoms with Gasteiger partial charge in [0.1, 0.15) is 5.75 Å². The standard InChI is InChI=1S/C22H24F4N2O5/c1-31-20-8-14(2-3-19(20)23)4-5-27-12-18-13-28(6-7-32-18)16-9-15(21(29)30)10-17(11-16)33-22(24,25)26/h2-3,8-11,18,27H,4-7,12-13H2,1H3,(H,29,30). The molecule has 2 aromatic rings. The first-order valence-corrected chi connectivity index (χ1v) is 10.2. The number of rotatable bonds is 9. The molecule has 11 heteroatoms. The van der Waals surface area contributed by atoms with Crippen LogP contribution in [0, 0.1) is 5.82 Å². The Labute approximate surface area is 187 Å². The maximum Gasteiger partial charge on any atom is 0.573 e. The molecule has 33 heavy (non-hydrogen) atoms. The first-order valence-electron chi connectivity index (χ1n) is 10.2. The van der Waals surface area contributed by atoms with Crippen LogP contribution in [0.4, 0.5) is 23.2 Å². The number of carbonyl (C=O) groups is 1. The van der Waals surface area contributed by atoms with Gasteiger partial charge in [-0.1, -0.05) is 6.07 Å². The van der Waals surface area contributed by atoms with Crippen molar-refractivity contribution in [2.75, 3.05) is 44.8 Å². The van der Waals surface area contributed by atoms with E-state index in [0.29, 0.717) is 44.9 Å². The first kappa shape index (κ1) is 24.6. The number of carboxylic acid groups (broad SMARTS) is 1. The minimum absolute atomic E-state index is 0.177. The molecule has 1 unspecified atom stereocenters. The molecule has 0 saturated carbocycles. The average Bonchev–Trinajstić information content (AvgIpc) is 2.76. The van der Waals surface area contributed by atoms with Crippen LogP contribution in [0.5, 0.6) is 11.5 Å². The van der Waals surface area contributed by atoms with Gasteiger partial charge >= 0.3 is 12.3 Å². The lowest BCUT2D eigenvalue weighted by molar-refractivity contribution is -0.274. The van der Waals surface area contributed by atoms with Crippen LogP contribution in [0.3, 0.4) is 0 Å². The maximum atomic E-state index is 13.5. The number of nitrogens with one attached hydrogen (secondary N) is 1. The van der Waals surface area contributed by atoms with Gasteiger partial charge in [-0.05, 0) is 42.8 Å². The van der Waals surface area contributed by atoms with Gasteiger partial charge in [0.25, 0.3) is 0 Å². The van der Waals surface area contributed by atoms with Gasteiger partial charge in [0.15, 0.2) is 11.6 Å². The Morgan fingerprint density at radius 1 is 1.27 bits per heavy atom. The Balaban J connectivity index is 1.58. The zero-order valence-corrected chi connectivity index (χ0v) is 17.8. The number of carboxylic acids is 1. The maximum absolute atomic E-state index is 13.5. The molecule has 1 atom stereocenters. The number of methoxy groups -OCH3 is 1. The lowest BCUT2D eigenvalue weighted by atomic mass is 10.1. The van der Waals surface area contributed by atoms with Crippen LogP contribution in [-0.4, -0.2) is 63.4 Å². The van der Waals surface area contributed by atoms with Crippen molar-refractivity contribution in [1.82, 2.24) is 5.32 Å². The largest absolute Gasteiger partial charge is 0.573 e. The van der Waals surface area contributed by atoms with E-state index in [4.69, 9.17) is 9.47 Å². The molecule has 0 radical (unpaired) electrons. The van der Waals surface area contributed by atoms with E-state index in [1.807, 2.05) is 0 Å². The molecule has 0 aliphatic carbocycles. The van der Waals surface area contributed by atoms with E-state index in [9.17, 15) is 27.5 Å². The molecule has 2 aromatic carbocycles. The molecule has 1 aliphatic heterocycles. The molecule has 180 valence electrons. The molecular weight excluding hydrogens is 448 g/mol. The molecule has 2 N–H and O–H groups in total. The molecule has 1 heterocycles. The summed E-state index contributed by atoms with van der Waals surface area (Å²) in [5, 5.41) is 12.5. The number of benzene rings is 2. The third-order valence-electron chi connectivity index (χ3n) is 5.05. The molecule has 1 saturated heterocycles. The number of alkyl halides is 3. The van der Waals surface area contributed by atoms with Crippen molar-refractivity contribution >= 4 is 11.7 Å². The van der Waals surface area contributed by atoms with Gasteiger partial charge in [-0.25, -0.2) is 9.18 Å². The third kappa shape index (κ3) is 7.22. The number of hydrogen-bond acceptors (Lipinski definition) is 6. The van der Waals surface area contributed by atoms with Gasteiger partial charge in [0.05, 0.1) is 25.4 Å². The number of ether oxygens (including phenoxy) is 3. The fourth-order valence-electron chi connectivity index (χ4n) is 3.51. The minimum atomic E-state index is -4.93. The molecule has 0 amide bonds. The van der Waals surface area contributed by atoms with Crippen LogP contribution in [0.15, 0.2) is 36.4 Å². The van der Waals surface area contributed by atoms with Gasteiger partial charge in [-0.15, -0.1) is 13.2 Å². The van der Waals surface area contributed by atoms with Crippen molar-refractivity contribution in [1.29, 1.82) is 0 Å². The SMILES string of the molecule is COc1cc(CCNCC2CN(c3cc(OC(F)(F)F)cc(C(=O)O)c3)CCO2)ccc1F. The van der Waals surface area contributed by atoms with Crippen molar-refractivity contribution in [3.05, 3.63) is 53.3 Å². The highest BCUT2D eigenvalue weighted by molar-refractivity contribution is 5.89. The second-order valence-corrected chi connectivity index (χ2v) is 7.43. The minimum Gasteiger partial charge on any atom is -0.494 e. The summed E-state index contributed by atoms with van der Waals surface area (Å²) in [6, 6.07) is 7.96. The van der Waals surface area contributed by atoms with E-state index in [1.165, 1.54) is 19.2 Å². The van der Waals surface area contributed by atoms with Crippen molar-refractivity contribution < 1.29 is 41.7 Å². The van der Waals surface area contributed by atoms with Crippen LogP contribution in [0.25, 0.3) is 0 Å². The van der Waals surface area contributed by atoms with Gasteiger partial charge in [0.2, 0.25) is 0 Å². The van der Waals surface area contributed by atoms with Gasteiger partial charge < -0.3 is 29.5 Å². The summed E-state index contributed by atoms with van der Waals surface area (Å²) >= 11 is 0. The second kappa shape index (κ2) is 10.7. The van der Waals surface area contributed by atoms with Crippen LogP contribution in [0.2, 0.25) is 0 Å². The number of nitrogens with zero attached hydrogens (tertiary/aromatic N) is 1. The van der Waals surface area contributed by atoms with E-state index in [1.54, 1.807) is 17.0 Å². The summed E-state index contributed by atoms with van der Waals surface area (Å²) < 4.78 is 66.0. The summed E-state index contributed by atoms with van der Waals surface area (Å²) in [6.45, 7) is 2.13. The van der Waals surface area contributed by atoms with E-state index >= 15 is 0 Å². The van der Waals surface area contributed by atoms with Gasteiger partial charge in [-0.3, -0.25) is 0 Å². The van der Waals surface area contributed by atoms with Crippen LogP contribution < -0.4 is 19.7 Å². The zero-order valence-electron chi connectivity index (χ0n) is 17.8. The molecular formula is C22H24F4N2O5. The summed E-state index contributed by atoms with van der Waals surface area (Å²) in [5.74, 6) is -2.20. The van der Waals surface area contributed by atoms with Crippen molar-refractivity contribution in [3.63, 3.8) is 0 Å². The van der Waals surface area contributed by atoms with Crippen LogP contribution in [-0.2, 0) is 11.2 Å². The molecule has 3 rings (SSSR count). The fraction of sp³-hybridized carbons (Fsp3) is 0.409. The summed E-state index contributed by atoms with van der Waals surface area (Å²) in [5.41, 5.74) is 0.901. The number of halogens is 4. The first-order chi connectivity index (χ1) is 15.6. The molecule has 0 spiro atoms. The Kier molecular flexibility index (Phi) is 7.98. The van der Waals surface area contributed by atoms with Crippen LogP contribution in [0.1, 0.15) is 15.9 Å². The quantitative estimate of drug-likeness (QED) is 0.427. The second-order valence-electron chi connectivity index (χ2n) is 7.43. The monoisotopic (exact) mass is 472 g/mol. The number of aromatic carboxylic acids is 1. The summed E-state index contributed by atoms with van der Waals surface area (Å²) in [6.07, 6.45) is -4.56. The summed E-state index contributed by atoms with van der Waals surface area (Å²) in [4.78, 5) is 13.1. The lowest BCUT2D eigenvalue weighted by Crippen LogP contribution is -2.47. The highest BCUT2D eigenvalue weighted by atomic mass is 19.4. The highest BCUT2D eigenvalue weighted by Crippen LogP contribution is 2.30. The third-order valence-corrected chi connectivity index (χ3v) is 5.05. The number of morpholine rings is 1. The molecule has 1 aliphatic rings.